The van der Waals surface area contributed by atoms with E-state index in [1.165, 1.54) is 20.5 Å². The molecule has 0 atom stereocenters. The summed E-state index contributed by atoms with van der Waals surface area (Å²) in [5.74, 6) is -0.277. The number of aromatic nitrogens is 6. The summed E-state index contributed by atoms with van der Waals surface area (Å²) in [5, 5.41) is 10.7. The molecule has 150 valence electrons. The lowest BCUT2D eigenvalue weighted by molar-refractivity contribution is 0.437. The van der Waals surface area contributed by atoms with Gasteiger partial charge in [0.05, 0.1) is 12.1 Å². The Bertz CT molecular complexity index is 1430. The van der Waals surface area contributed by atoms with Gasteiger partial charge < -0.3 is 5.11 Å². The minimum atomic E-state index is -0.564. The molecule has 4 rings (SSSR count). The van der Waals surface area contributed by atoms with Crippen molar-refractivity contribution in [2.24, 2.45) is 0 Å². The van der Waals surface area contributed by atoms with Crippen LogP contribution in [0.4, 0.5) is 0 Å². The molecule has 0 aliphatic heterocycles. The molecule has 0 unspecified atom stereocenters. The zero-order valence-electron chi connectivity index (χ0n) is 16.3. The van der Waals surface area contributed by atoms with Gasteiger partial charge >= 0.3 is 5.69 Å². The molecule has 29 heavy (non-hydrogen) atoms. The Hall–Kier alpha value is -3.69. The first kappa shape index (κ1) is 18.7. The molecule has 4 aromatic rings. The largest absolute Gasteiger partial charge is 0.494 e. The molecular weight excluding hydrogens is 376 g/mol. The zero-order valence-corrected chi connectivity index (χ0v) is 16.3. The number of imidazole rings is 1. The molecule has 0 spiro atoms. The number of aryl methyl sites for hydroxylation is 1. The van der Waals surface area contributed by atoms with E-state index >= 15 is 0 Å². The van der Waals surface area contributed by atoms with Crippen molar-refractivity contribution in [2.45, 2.75) is 40.4 Å². The average molecular weight is 396 g/mol. The summed E-state index contributed by atoms with van der Waals surface area (Å²) in [5.41, 5.74) is -0.448. The molecule has 0 aliphatic carbocycles. The number of fused-ring (bicyclic) bond motifs is 3. The minimum Gasteiger partial charge on any atom is -0.494 e. The van der Waals surface area contributed by atoms with Gasteiger partial charge in [-0.1, -0.05) is 6.07 Å². The first-order chi connectivity index (χ1) is 13.9. The maximum Gasteiger partial charge on any atom is 0.332 e. The van der Waals surface area contributed by atoms with Crippen LogP contribution in [0.1, 0.15) is 25.0 Å². The van der Waals surface area contributed by atoms with E-state index < -0.39 is 16.8 Å². The van der Waals surface area contributed by atoms with Crippen LogP contribution in [0.5, 0.6) is 5.88 Å². The fourth-order valence-electron chi connectivity index (χ4n) is 3.55. The zero-order chi connectivity index (χ0) is 20.9. The predicted molar refractivity (Wildman–Crippen MR) is 107 cm³/mol. The molecule has 0 bridgehead atoms. The molecule has 10 nitrogen and oxygen atoms in total. The van der Waals surface area contributed by atoms with E-state index in [1.54, 1.807) is 32.3 Å². The van der Waals surface area contributed by atoms with Gasteiger partial charge in [-0.2, -0.15) is 4.98 Å². The van der Waals surface area contributed by atoms with Crippen LogP contribution in [0.25, 0.3) is 16.9 Å². The van der Waals surface area contributed by atoms with Crippen LogP contribution in [-0.4, -0.2) is 33.2 Å². The number of aromatic hydroxyl groups is 1. The quantitative estimate of drug-likeness (QED) is 0.536. The predicted octanol–water partition coefficient (Wildman–Crippen LogP) is 0.470. The van der Waals surface area contributed by atoms with Crippen molar-refractivity contribution >= 4 is 16.9 Å². The number of hydrogen-bond acceptors (Lipinski definition) is 6. The van der Waals surface area contributed by atoms with Gasteiger partial charge in [-0.25, -0.2) is 9.20 Å². The Morgan fingerprint density at radius 3 is 2.38 bits per heavy atom. The summed E-state index contributed by atoms with van der Waals surface area (Å²) < 4.78 is 5.07. The molecule has 0 fully saturated rings. The first-order valence-corrected chi connectivity index (χ1v) is 9.27. The van der Waals surface area contributed by atoms with Crippen LogP contribution in [0.3, 0.4) is 0 Å². The molecule has 0 saturated heterocycles. The van der Waals surface area contributed by atoms with Crippen molar-refractivity contribution in [3.63, 3.8) is 0 Å². The van der Waals surface area contributed by atoms with Crippen LogP contribution in [0.2, 0.25) is 0 Å². The summed E-state index contributed by atoms with van der Waals surface area (Å²) in [6.45, 7) is 5.56. The second kappa shape index (κ2) is 6.73. The van der Waals surface area contributed by atoms with Crippen LogP contribution in [0, 0.1) is 6.92 Å². The Morgan fingerprint density at radius 1 is 1.03 bits per heavy atom. The Balaban J connectivity index is 2.22. The minimum absolute atomic E-state index is 0.0591. The highest BCUT2D eigenvalue weighted by Crippen LogP contribution is 2.21. The lowest BCUT2D eigenvalue weighted by Gasteiger charge is -2.11. The maximum atomic E-state index is 13.0. The standard InChI is InChI=1S/C19H20N6O4/c1-4-22-14-13(17(28)23(5-2)19(22)29)25-16(27)11(3)15(26)24(18(25)21-14)10-12-7-6-8-20-9-12/h6-9,27H,4-5,10H2,1-3H3. The van der Waals surface area contributed by atoms with Crippen molar-refractivity contribution < 1.29 is 5.11 Å². The lowest BCUT2D eigenvalue weighted by Crippen LogP contribution is -2.39. The van der Waals surface area contributed by atoms with Gasteiger partial charge in [0, 0.05) is 25.5 Å². The normalized spacial score (nSPS) is 11.6. The van der Waals surface area contributed by atoms with E-state index in [-0.39, 0.29) is 48.0 Å². The van der Waals surface area contributed by atoms with E-state index in [0.29, 0.717) is 0 Å². The SMILES string of the molecule is CCn1c(=O)c2c(nc3n(Cc4cccnc4)c(=O)c(C)c(O)n23)n(CC)c1=O. The van der Waals surface area contributed by atoms with Gasteiger partial charge in [0.1, 0.15) is 0 Å². The number of hydrogen-bond donors (Lipinski definition) is 1. The third kappa shape index (κ3) is 2.59. The summed E-state index contributed by atoms with van der Waals surface area (Å²) in [7, 11) is 0. The number of rotatable bonds is 4. The molecular formula is C19H20N6O4. The van der Waals surface area contributed by atoms with Gasteiger partial charge in [0.2, 0.25) is 11.7 Å². The lowest BCUT2D eigenvalue weighted by atomic mass is 10.2. The second-order valence-electron chi connectivity index (χ2n) is 6.70. The fraction of sp³-hybridized carbons (Fsp3) is 0.316. The monoisotopic (exact) mass is 396 g/mol. The molecule has 0 saturated carbocycles. The number of pyridine rings is 1. The summed E-state index contributed by atoms with van der Waals surface area (Å²) in [6, 6.07) is 3.56. The molecule has 0 amide bonds. The van der Waals surface area contributed by atoms with E-state index in [4.69, 9.17) is 0 Å². The molecule has 4 aromatic heterocycles. The van der Waals surface area contributed by atoms with Gasteiger partial charge in [0.25, 0.3) is 11.1 Å². The smallest absolute Gasteiger partial charge is 0.332 e. The van der Waals surface area contributed by atoms with Gasteiger partial charge in [-0.3, -0.25) is 28.3 Å². The van der Waals surface area contributed by atoms with Crippen LogP contribution in [0.15, 0.2) is 38.9 Å². The van der Waals surface area contributed by atoms with Gasteiger partial charge in [-0.05, 0) is 32.4 Å². The Kier molecular flexibility index (Phi) is 4.33. The first-order valence-electron chi connectivity index (χ1n) is 9.27. The molecule has 1 N–H and O–H groups in total. The van der Waals surface area contributed by atoms with Crippen LogP contribution >= 0.6 is 0 Å². The molecule has 4 heterocycles. The molecule has 10 heteroatoms. The summed E-state index contributed by atoms with van der Waals surface area (Å²) in [6.07, 6.45) is 3.25. The summed E-state index contributed by atoms with van der Waals surface area (Å²) in [4.78, 5) is 47.1. The fourth-order valence-corrected chi connectivity index (χ4v) is 3.55. The van der Waals surface area contributed by atoms with Crippen LogP contribution < -0.4 is 16.8 Å². The molecule has 0 radical (unpaired) electrons. The second-order valence-corrected chi connectivity index (χ2v) is 6.70. The highest BCUT2D eigenvalue weighted by Gasteiger charge is 2.23. The number of nitrogens with zero attached hydrogens (tertiary/aromatic N) is 6. The maximum absolute atomic E-state index is 13.0. The topological polar surface area (TPSA) is 116 Å². The van der Waals surface area contributed by atoms with Gasteiger partial charge in [-0.15, -0.1) is 0 Å². The van der Waals surface area contributed by atoms with E-state index in [0.717, 1.165) is 10.1 Å². The average Bonchev–Trinajstić information content (AvgIpc) is 3.11. The van der Waals surface area contributed by atoms with Crippen molar-refractivity contribution in [3.05, 3.63) is 66.8 Å². The third-order valence-electron chi connectivity index (χ3n) is 5.06. The molecule has 0 aromatic carbocycles. The van der Waals surface area contributed by atoms with E-state index in [2.05, 4.69) is 9.97 Å². The highest BCUT2D eigenvalue weighted by atomic mass is 16.3. The van der Waals surface area contributed by atoms with E-state index in [9.17, 15) is 19.5 Å². The molecule has 0 aliphatic rings. The van der Waals surface area contributed by atoms with Crippen molar-refractivity contribution in [1.82, 2.24) is 28.1 Å². The van der Waals surface area contributed by atoms with E-state index in [1.807, 2.05) is 6.07 Å². The summed E-state index contributed by atoms with van der Waals surface area (Å²) >= 11 is 0. The highest BCUT2D eigenvalue weighted by molar-refractivity contribution is 5.76. The van der Waals surface area contributed by atoms with Gasteiger partial charge in [0.15, 0.2) is 11.2 Å². The van der Waals surface area contributed by atoms with Crippen molar-refractivity contribution in [2.75, 3.05) is 0 Å². The van der Waals surface area contributed by atoms with Crippen molar-refractivity contribution in [1.29, 1.82) is 0 Å². The van der Waals surface area contributed by atoms with Crippen molar-refractivity contribution in [3.8, 4) is 5.88 Å². The van der Waals surface area contributed by atoms with Crippen LogP contribution in [-0.2, 0) is 19.6 Å². The third-order valence-corrected chi connectivity index (χ3v) is 5.06. The Labute approximate surface area is 163 Å². The Morgan fingerprint density at radius 2 is 1.76 bits per heavy atom.